The van der Waals surface area contributed by atoms with E-state index in [1.807, 2.05) is 0 Å². The van der Waals surface area contributed by atoms with E-state index in [0.29, 0.717) is 17.3 Å². The molecule has 1 aromatic carbocycles. The number of rotatable bonds is 5. The molecule has 0 spiro atoms. The Hall–Kier alpha value is -3.40. The van der Waals surface area contributed by atoms with Crippen molar-refractivity contribution in [3.63, 3.8) is 0 Å². The van der Waals surface area contributed by atoms with Crippen molar-refractivity contribution >= 4 is 40.6 Å². The Labute approximate surface area is 156 Å². The number of methoxy groups -OCH3 is 1. The second-order valence-corrected chi connectivity index (χ2v) is 6.31. The van der Waals surface area contributed by atoms with Crippen molar-refractivity contribution < 1.29 is 28.5 Å². The Morgan fingerprint density at radius 2 is 2.04 bits per heavy atom. The fraction of sp³-hybridized carbons (Fsp3) is 0.118. The van der Waals surface area contributed by atoms with E-state index >= 15 is 0 Å². The molecule has 3 rings (SSSR count). The Morgan fingerprint density at radius 3 is 2.74 bits per heavy atom. The molecule has 1 fully saturated rings. The molecule has 0 N–H and O–H groups in total. The summed E-state index contributed by atoms with van der Waals surface area (Å²) in [5.41, 5.74) is 0.178. The summed E-state index contributed by atoms with van der Waals surface area (Å²) in [4.78, 5) is 46.9. The lowest BCUT2D eigenvalue weighted by Gasteiger charge is -2.09. The number of carbonyl (C=O) groups is 3. The van der Waals surface area contributed by atoms with Crippen LogP contribution in [0.3, 0.4) is 0 Å². The fourth-order valence-corrected chi connectivity index (χ4v) is 3.19. The third-order valence-corrected chi connectivity index (χ3v) is 4.56. The van der Waals surface area contributed by atoms with Gasteiger partial charge in [0.1, 0.15) is 18.1 Å². The van der Waals surface area contributed by atoms with Crippen LogP contribution in [0.1, 0.15) is 5.76 Å². The maximum absolute atomic E-state index is 12.3. The first-order chi connectivity index (χ1) is 12.9. The van der Waals surface area contributed by atoms with Crippen LogP contribution >= 0.6 is 11.8 Å². The van der Waals surface area contributed by atoms with E-state index in [0.717, 1.165) is 12.0 Å². The minimum atomic E-state index is -0.713. The molecule has 138 valence electrons. The monoisotopic (exact) mass is 388 g/mol. The van der Waals surface area contributed by atoms with Gasteiger partial charge in [-0.05, 0) is 30.0 Å². The summed E-state index contributed by atoms with van der Waals surface area (Å²) in [7, 11) is 1.16. The van der Waals surface area contributed by atoms with E-state index in [-0.39, 0.29) is 22.1 Å². The van der Waals surface area contributed by atoms with Gasteiger partial charge in [-0.2, -0.15) is 0 Å². The number of ether oxygens (including phenoxy) is 1. The van der Waals surface area contributed by atoms with Gasteiger partial charge in [-0.15, -0.1) is 0 Å². The smallest absolute Gasteiger partial charge is 0.325 e. The highest BCUT2D eigenvalue weighted by molar-refractivity contribution is 8.18. The predicted molar refractivity (Wildman–Crippen MR) is 95.5 cm³/mol. The van der Waals surface area contributed by atoms with Crippen LogP contribution in [-0.4, -0.2) is 40.6 Å². The zero-order chi connectivity index (χ0) is 19.6. The molecular weight excluding hydrogens is 376 g/mol. The van der Waals surface area contributed by atoms with E-state index in [1.165, 1.54) is 24.3 Å². The molecule has 27 heavy (non-hydrogen) atoms. The minimum Gasteiger partial charge on any atom is -0.468 e. The molecule has 0 radical (unpaired) electrons. The van der Waals surface area contributed by atoms with Gasteiger partial charge in [-0.25, -0.2) is 0 Å². The van der Waals surface area contributed by atoms with E-state index in [1.54, 1.807) is 18.2 Å². The summed E-state index contributed by atoms with van der Waals surface area (Å²) in [6.07, 6.45) is 1.35. The van der Waals surface area contributed by atoms with Crippen molar-refractivity contribution in [1.82, 2.24) is 4.90 Å². The van der Waals surface area contributed by atoms with Gasteiger partial charge in [0.25, 0.3) is 16.8 Å². The number of imide groups is 1. The number of furan rings is 1. The normalized spacial score (nSPS) is 15.4. The predicted octanol–water partition coefficient (Wildman–Crippen LogP) is 3.06. The first-order valence-corrected chi connectivity index (χ1v) is 8.38. The SMILES string of the molecule is COC(=O)CN1C(=O)SC(=Cc2ccc(-c3ccccc3[N+](=O)[O-])o2)C1=O. The number of nitrogens with zero attached hydrogens (tertiary/aromatic N) is 2. The fourth-order valence-electron chi connectivity index (χ4n) is 2.38. The number of nitro benzene ring substituents is 1. The van der Waals surface area contributed by atoms with E-state index in [9.17, 15) is 24.5 Å². The van der Waals surface area contributed by atoms with Gasteiger partial charge < -0.3 is 9.15 Å². The number of esters is 1. The van der Waals surface area contributed by atoms with Gasteiger partial charge in [-0.3, -0.25) is 29.4 Å². The van der Waals surface area contributed by atoms with E-state index < -0.39 is 28.6 Å². The largest absolute Gasteiger partial charge is 0.468 e. The highest BCUT2D eigenvalue weighted by Crippen LogP contribution is 2.35. The van der Waals surface area contributed by atoms with Crippen molar-refractivity contribution in [3.05, 3.63) is 57.2 Å². The molecule has 2 aromatic rings. The third kappa shape index (κ3) is 3.75. The number of benzene rings is 1. The molecule has 1 saturated heterocycles. The van der Waals surface area contributed by atoms with Crippen LogP contribution in [0.4, 0.5) is 10.5 Å². The van der Waals surface area contributed by atoms with Crippen LogP contribution in [-0.2, 0) is 14.3 Å². The molecular formula is C17H12N2O7S. The van der Waals surface area contributed by atoms with Crippen LogP contribution in [0.2, 0.25) is 0 Å². The standard InChI is InChI=1S/C17H12N2O7S/c1-25-15(20)9-18-16(21)14(27-17(18)22)8-10-6-7-13(26-10)11-4-2-3-5-12(11)19(23)24/h2-8H,9H2,1H3. The molecule has 1 aliphatic heterocycles. The number of hydrogen-bond donors (Lipinski definition) is 0. The number of thioether (sulfide) groups is 1. The maximum Gasteiger partial charge on any atom is 0.325 e. The van der Waals surface area contributed by atoms with Gasteiger partial charge in [0.05, 0.1) is 22.5 Å². The number of nitro groups is 1. The minimum absolute atomic E-state index is 0.0763. The molecule has 9 nitrogen and oxygen atoms in total. The average Bonchev–Trinajstić information content (AvgIpc) is 3.22. The second kappa shape index (κ2) is 7.46. The molecule has 0 unspecified atom stereocenters. The second-order valence-electron chi connectivity index (χ2n) is 5.32. The van der Waals surface area contributed by atoms with Gasteiger partial charge in [0.2, 0.25) is 0 Å². The quantitative estimate of drug-likeness (QED) is 0.332. The van der Waals surface area contributed by atoms with Gasteiger partial charge in [-0.1, -0.05) is 12.1 Å². The van der Waals surface area contributed by atoms with Crippen molar-refractivity contribution in [2.45, 2.75) is 0 Å². The Balaban J connectivity index is 1.86. The molecule has 1 aromatic heterocycles. The number of amides is 2. The summed E-state index contributed by atoms with van der Waals surface area (Å²) in [5.74, 6) is -0.858. The van der Waals surface area contributed by atoms with E-state index in [2.05, 4.69) is 4.74 Å². The van der Waals surface area contributed by atoms with Gasteiger partial charge in [0.15, 0.2) is 0 Å². The molecule has 10 heteroatoms. The summed E-state index contributed by atoms with van der Waals surface area (Å²) in [6.45, 7) is -0.474. The summed E-state index contributed by atoms with van der Waals surface area (Å²) < 4.78 is 10.0. The van der Waals surface area contributed by atoms with Gasteiger partial charge in [0, 0.05) is 12.1 Å². The summed E-state index contributed by atoms with van der Waals surface area (Å²) in [5, 5.41) is 10.5. The molecule has 0 saturated carbocycles. The topological polar surface area (TPSA) is 120 Å². The molecule has 0 atom stereocenters. The van der Waals surface area contributed by atoms with Crippen LogP contribution in [0.5, 0.6) is 0 Å². The van der Waals surface area contributed by atoms with Crippen molar-refractivity contribution in [1.29, 1.82) is 0 Å². The zero-order valence-corrected chi connectivity index (χ0v) is 14.7. The Morgan fingerprint density at radius 1 is 1.30 bits per heavy atom. The van der Waals surface area contributed by atoms with E-state index in [4.69, 9.17) is 4.42 Å². The van der Waals surface area contributed by atoms with Crippen LogP contribution < -0.4 is 0 Å². The number of para-hydroxylation sites is 1. The molecule has 0 aliphatic carbocycles. The van der Waals surface area contributed by atoms with Crippen LogP contribution in [0.25, 0.3) is 17.4 Å². The summed E-state index contributed by atoms with van der Waals surface area (Å²) >= 11 is 0.665. The lowest BCUT2D eigenvalue weighted by Crippen LogP contribution is -2.34. The molecule has 2 heterocycles. The highest BCUT2D eigenvalue weighted by Gasteiger charge is 2.36. The summed E-state index contributed by atoms with van der Waals surface area (Å²) in [6, 6.07) is 9.15. The lowest BCUT2D eigenvalue weighted by atomic mass is 10.1. The van der Waals surface area contributed by atoms with Crippen molar-refractivity contribution in [2.24, 2.45) is 0 Å². The van der Waals surface area contributed by atoms with Crippen molar-refractivity contribution in [2.75, 3.05) is 13.7 Å². The first-order valence-electron chi connectivity index (χ1n) is 7.56. The molecule has 1 aliphatic rings. The maximum atomic E-state index is 12.3. The highest BCUT2D eigenvalue weighted by atomic mass is 32.2. The molecule has 2 amide bonds. The third-order valence-electron chi connectivity index (χ3n) is 3.65. The van der Waals surface area contributed by atoms with Crippen LogP contribution in [0.15, 0.2) is 45.7 Å². The Bertz CT molecular complexity index is 979. The average molecular weight is 388 g/mol. The van der Waals surface area contributed by atoms with Crippen LogP contribution in [0, 0.1) is 10.1 Å². The number of hydrogen-bond acceptors (Lipinski definition) is 8. The molecule has 0 bridgehead atoms. The van der Waals surface area contributed by atoms with Crippen molar-refractivity contribution in [3.8, 4) is 11.3 Å². The Kier molecular flexibility index (Phi) is 5.08. The van der Waals surface area contributed by atoms with Gasteiger partial charge >= 0.3 is 5.97 Å². The lowest BCUT2D eigenvalue weighted by molar-refractivity contribution is -0.384. The first kappa shape index (κ1) is 18.4. The number of carbonyl (C=O) groups excluding carboxylic acids is 3. The zero-order valence-electron chi connectivity index (χ0n) is 13.9.